The molecule has 144 valence electrons. The van der Waals surface area contributed by atoms with Crippen molar-refractivity contribution >= 4 is 30.7 Å². The molecule has 7 heteroatoms. The average molecular weight is 392 g/mol. The summed E-state index contributed by atoms with van der Waals surface area (Å²) < 4.78 is 5.35. The third kappa shape index (κ3) is 6.42. The molecule has 1 fully saturated rings. The number of likely N-dealkylation sites (N-methyl/N-ethyl adjacent to an activating group) is 1. The van der Waals surface area contributed by atoms with E-state index in [-0.39, 0.29) is 36.8 Å². The van der Waals surface area contributed by atoms with Gasteiger partial charge in [0.1, 0.15) is 0 Å². The van der Waals surface area contributed by atoms with Crippen molar-refractivity contribution in [1.29, 1.82) is 0 Å². The van der Waals surface area contributed by atoms with Crippen molar-refractivity contribution in [3.63, 3.8) is 0 Å². The maximum atomic E-state index is 12.8. The molecule has 1 aliphatic heterocycles. The predicted molar refractivity (Wildman–Crippen MR) is 107 cm³/mol. The molecule has 25 heavy (non-hydrogen) atoms. The highest BCUT2D eigenvalue weighted by molar-refractivity contribution is 5.85. The van der Waals surface area contributed by atoms with Crippen molar-refractivity contribution in [2.75, 3.05) is 47.4 Å². The van der Waals surface area contributed by atoms with E-state index in [1.54, 1.807) is 7.11 Å². The molecule has 1 aliphatic rings. The fraction of sp³-hybridized carbons (Fsp3) is 0.611. The van der Waals surface area contributed by atoms with Crippen LogP contribution in [0.1, 0.15) is 24.4 Å². The van der Waals surface area contributed by atoms with E-state index in [4.69, 9.17) is 4.74 Å². The molecular weight excluding hydrogens is 361 g/mol. The van der Waals surface area contributed by atoms with Crippen molar-refractivity contribution in [2.45, 2.75) is 18.9 Å². The molecule has 0 saturated carbocycles. The van der Waals surface area contributed by atoms with E-state index in [2.05, 4.69) is 27.7 Å². The third-order valence-electron chi connectivity index (χ3n) is 4.73. The molecule has 1 atom stereocenters. The van der Waals surface area contributed by atoms with Gasteiger partial charge in [-0.25, -0.2) is 0 Å². The summed E-state index contributed by atoms with van der Waals surface area (Å²) in [6.45, 7) is 2.83. The Bertz CT molecular complexity index is 489. The number of nitrogens with zero attached hydrogens (tertiary/aromatic N) is 1. The zero-order valence-corrected chi connectivity index (χ0v) is 16.9. The number of piperidine rings is 1. The number of hydrogen-bond acceptors (Lipinski definition) is 4. The Morgan fingerprint density at radius 1 is 1.24 bits per heavy atom. The van der Waals surface area contributed by atoms with Gasteiger partial charge in [0, 0.05) is 13.7 Å². The molecule has 0 aliphatic carbocycles. The number of rotatable bonds is 7. The lowest BCUT2D eigenvalue weighted by atomic mass is 9.78. The maximum Gasteiger partial charge on any atom is 0.228 e. The Morgan fingerprint density at radius 3 is 2.36 bits per heavy atom. The van der Waals surface area contributed by atoms with Crippen molar-refractivity contribution in [1.82, 2.24) is 15.5 Å². The van der Waals surface area contributed by atoms with E-state index >= 15 is 0 Å². The highest BCUT2D eigenvalue weighted by Crippen LogP contribution is 2.29. The molecule has 0 bridgehead atoms. The second kappa shape index (κ2) is 11.7. The predicted octanol–water partition coefficient (Wildman–Crippen LogP) is 2.27. The number of carbonyl (C=O) groups is 1. The summed E-state index contributed by atoms with van der Waals surface area (Å²) in [7, 11) is 5.75. The molecule has 1 aromatic rings. The van der Waals surface area contributed by atoms with E-state index in [1.165, 1.54) is 5.56 Å². The molecule has 2 rings (SSSR count). The largest absolute Gasteiger partial charge is 0.384 e. The zero-order valence-electron chi connectivity index (χ0n) is 15.3. The normalized spacial score (nSPS) is 17.1. The van der Waals surface area contributed by atoms with E-state index in [9.17, 15) is 4.79 Å². The second-order valence-corrected chi connectivity index (χ2v) is 6.56. The number of carbonyl (C=O) groups excluding carboxylic acids is 1. The number of methoxy groups -OCH3 is 1. The molecule has 1 aromatic carbocycles. The van der Waals surface area contributed by atoms with Crippen LogP contribution in [0.5, 0.6) is 0 Å². The van der Waals surface area contributed by atoms with Gasteiger partial charge < -0.3 is 20.3 Å². The lowest BCUT2D eigenvalue weighted by molar-refractivity contribution is -0.136. The van der Waals surface area contributed by atoms with Crippen LogP contribution in [-0.2, 0) is 9.53 Å². The quantitative estimate of drug-likeness (QED) is 0.748. The Balaban J connectivity index is 0.00000288. The van der Waals surface area contributed by atoms with Gasteiger partial charge >= 0.3 is 0 Å². The first-order chi connectivity index (χ1) is 11.1. The van der Waals surface area contributed by atoms with Gasteiger partial charge in [0.05, 0.1) is 18.1 Å². The van der Waals surface area contributed by atoms with Crippen molar-refractivity contribution in [3.8, 4) is 0 Å². The Kier molecular flexibility index (Phi) is 11.3. The SMILES string of the molecule is COCC1(C(=O)NCC(c2ccccc2)N(C)C)CCNCC1.Cl.Cl. The third-order valence-corrected chi connectivity index (χ3v) is 4.73. The summed E-state index contributed by atoms with van der Waals surface area (Å²) in [5, 5.41) is 6.49. The first-order valence-electron chi connectivity index (χ1n) is 8.28. The van der Waals surface area contributed by atoms with Gasteiger partial charge in [0.2, 0.25) is 5.91 Å². The summed E-state index contributed by atoms with van der Waals surface area (Å²) >= 11 is 0. The lowest BCUT2D eigenvalue weighted by Gasteiger charge is -2.36. The second-order valence-electron chi connectivity index (χ2n) is 6.56. The van der Waals surface area contributed by atoms with Crippen LogP contribution in [0.2, 0.25) is 0 Å². The highest BCUT2D eigenvalue weighted by Gasteiger charge is 2.39. The minimum atomic E-state index is -0.395. The Labute approximate surface area is 163 Å². The van der Waals surface area contributed by atoms with Crippen LogP contribution in [0.25, 0.3) is 0 Å². The van der Waals surface area contributed by atoms with E-state index in [0.29, 0.717) is 13.2 Å². The van der Waals surface area contributed by atoms with Crippen LogP contribution in [0, 0.1) is 5.41 Å². The van der Waals surface area contributed by atoms with Crippen molar-refractivity contribution in [2.24, 2.45) is 5.41 Å². The van der Waals surface area contributed by atoms with Crippen LogP contribution >= 0.6 is 24.8 Å². The number of hydrogen-bond donors (Lipinski definition) is 2. The number of nitrogens with one attached hydrogen (secondary N) is 2. The van der Waals surface area contributed by atoms with E-state index in [0.717, 1.165) is 25.9 Å². The minimum absolute atomic E-state index is 0. The number of amides is 1. The van der Waals surface area contributed by atoms with Crippen LogP contribution in [0.15, 0.2) is 30.3 Å². The molecule has 0 radical (unpaired) electrons. The maximum absolute atomic E-state index is 12.8. The molecule has 1 unspecified atom stereocenters. The molecule has 0 spiro atoms. The van der Waals surface area contributed by atoms with Crippen molar-refractivity contribution < 1.29 is 9.53 Å². The first kappa shape index (κ1) is 24.1. The van der Waals surface area contributed by atoms with Crippen LogP contribution < -0.4 is 10.6 Å². The highest BCUT2D eigenvalue weighted by atomic mass is 35.5. The molecule has 2 N–H and O–H groups in total. The summed E-state index contributed by atoms with van der Waals surface area (Å²) in [5.41, 5.74) is 0.817. The summed E-state index contributed by atoms with van der Waals surface area (Å²) in [5.74, 6) is 0.114. The Morgan fingerprint density at radius 2 is 1.84 bits per heavy atom. The van der Waals surface area contributed by atoms with E-state index < -0.39 is 5.41 Å². The summed E-state index contributed by atoms with van der Waals surface area (Å²) in [6, 6.07) is 10.5. The minimum Gasteiger partial charge on any atom is -0.384 e. The smallest absolute Gasteiger partial charge is 0.228 e. The molecule has 5 nitrogen and oxygen atoms in total. The zero-order chi connectivity index (χ0) is 16.7. The topological polar surface area (TPSA) is 53.6 Å². The summed E-state index contributed by atoms with van der Waals surface area (Å²) in [6.07, 6.45) is 1.65. The summed E-state index contributed by atoms with van der Waals surface area (Å²) in [4.78, 5) is 15.0. The fourth-order valence-electron chi connectivity index (χ4n) is 3.27. The molecule has 0 aromatic heterocycles. The number of halogens is 2. The van der Waals surface area contributed by atoms with Crippen LogP contribution in [0.3, 0.4) is 0 Å². The first-order valence-corrected chi connectivity index (χ1v) is 8.28. The van der Waals surface area contributed by atoms with Gasteiger partial charge in [-0.3, -0.25) is 4.79 Å². The van der Waals surface area contributed by atoms with Gasteiger partial charge in [-0.05, 0) is 45.6 Å². The molecule has 1 saturated heterocycles. The van der Waals surface area contributed by atoms with Gasteiger partial charge in [0.15, 0.2) is 0 Å². The monoisotopic (exact) mass is 391 g/mol. The number of benzene rings is 1. The van der Waals surface area contributed by atoms with Gasteiger partial charge in [-0.2, -0.15) is 0 Å². The lowest BCUT2D eigenvalue weighted by Crippen LogP contribution is -2.51. The standard InChI is InChI=1S/C18H29N3O2.2ClH/c1-21(2)16(15-7-5-4-6-8-15)13-20-17(22)18(14-23-3)9-11-19-12-10-18;;/h4-8,16,19H,9-14H2,1-3H3,(H,20,22);2*1H. The van der Waals surface area contributed by atoms with Crippen molar-refractivity contribution in [3.05, 3.63) is 35.9 Å². The Hall–Kier alpha value is -0.850. The van der Waals surface area contributed by atoms with Crippen LogP contribution in [0.4, 0.5) is 0 Å². The van der Waals surface area contributed by atoms with E-state index in [1.807, 2.05) is 32.3 Å². The van der Waals surface area contributed by atoms with Gasteiger partial charge in [-0.1, -0.05) is 30.3 Å². The van der Waals surface area contributed by atoms with Gasteiger partial charge in [-0.15, -0.1) is 24.8 Å². The van der Waals surface area contributed by atoms with Gasteiger partial charge in [0.25, 0.3) is 0 Å². The molecule has 1 amide bonds. The average Bonchev–Trinajstić information content (AvgIpc) is 2.56. The fourth-order valence-corrected chi connectivity index (χ4v) is 3.27. The number of ether oxygens (including phenoxy) is 1. The molecular formula is C18H31Cl2N3O2. The van der Waals surface area contributed by atoms with Crippen LogP contribution in [-0.4, -0.2) is 58.3 Å². The molecule has 1 heterocycles.